The second kappa shape index (κ2) is 6.61. The third-order valence-corrected chi connectivity index (χ3v) is 3.05. The Bertz CT molecular complexity index is 474. The van der Waals surface area contributed by atoms with E-state index < -0.39 is 10.2 Å². The maximum Gasteiger partial charge on any atom is 0.296 e. The van der Waals surface area contributed by atoms with E-state index in [2.05, 4.69) is 23.9 Å². The molecule has 0 radical (unpaired) electrons. The van der Waals surface area contributed by atoms with Crippen LogP contribution in [0.3, 0.4) is 0 Å². The van der Waals surface area contributed by atoms with Gasteiger partial charge in [0.25, 0.3) is 10.2 Å². The van der Waals surface area contributed by atoms with E-state index in [1.54, 1.807) is 18.2 Å². The first-order valence-electron chi connectivity index (χ1n) is 6.08. The monoisotopic (exact) mass is 271 g/mol. The fourth-order valence-corrected chi connectivity index (χ4v) is 2.16. The number of hydrogen-bond donors (Lipinski definition) is 3. The van der Waals surface area contributed by atoms with Crippen LogP contribution in [-0.2, 0) is 10.2 Å². The number of anilines is 2. The molecule has 0 amide bonds. The molecule has 4 N–H and O–H groups in total. The average molecular weight is 271 g/mol. The third kappa shape index (κ3) is 5.88. The zero-order chi connectivity index (χ0) is 13.6. The number of unbranched alkanes of at least 4 members (excludes halogenated alkanes) is 1. The van der Waals surface area contributed by atoms with Crippen LogP contribution in [0.2, 0.25) is 0 Å². The lowest BCUT2D eigenvalue weighted by Crippen LogP contribution is -2.22. The summed E-state index contributed by atoms with van der Waals surface area (Å²) in [6, 6.07) is 7.42. The van der Waals surface area contributed by atoms with E-state index in [0.29, 0.717) is 11.7 Å². The van der Waals surface area contributed by atoms with Crippen LogP contribution in [0.25, 0.3) is 0 Å². The van der Waals surface area contributed by atoms with Crippen molar-refractivity contribution in [2.75, 3.05) is 10.0 Å². The molecule has 102 valence electrons. The lowest BCUT2D eigenvalue weighted by Gasteiger charge is -2.15. The van der Waals surface area contributed by atoms with Gasteiger partial charge in [0, 0.05) is 11.7 Å². The van der Waals surface area contributed by atoms with Crippen LogP contribution < -0.4 is 15.2 Å². The first-order valence-corrected chi connectivity index (χ1v) is 7.62. The van der Waals surface area contributed by atoms with Gasteiger partial charge in [-0.25, -0.2) is 5.14 Å². The van der Waals surface area contributed by atoms with Crippen molar-refractivity contribution < 1.29 is 8.42 Å². The molecule has 0 heterocycles. The highest BCUT2D eigenvalue weighted by Gasteiger charge is 2.05. The highest BCUT2D eigenvalue weighted by atomic mass is 32.2. The molecule has 0 aliphatic heterocycles. The van der Waals surface area contributed by atoms with Crippen molar-refractivity contribution in [2.45, 2.75) is 39.2 Å². The topological polar surface area (TPSA) is 84.2 Å². The number of rotatable bonds is 7. The molecule has 18 heavy (non-hydrogen) atoms. The fraction of sp³-hybridized carbons (Fsp3) is 0.500. The SMILES string of the molecule is CCCCC(C)Nc1cccc(NS(N)(=O)=O)c1. The van der Waals surface area contributed by atoms with Gasteiger partial charge < -0.3 is 5.32 Å². The number of nitrogens with two attached hydrogens (primary N) is 1. The summed E-state index contributed by atoms with van der Waals surface area (Å²) in [6.45, 7) is 4.26. The van der Waals surface area contributed by atoms with Gasteiger partial charge in [0.1, 0.15) is 0 Å². The second-order valence-electron chi connectivity index (χ2n) is 4.42. The highest BCUT2D eigenvalue weighted by Crippen LogP contribution is 2.17. The van der Waals surface area contributed by atoms with Crippen molar-refractivity contribution in [3.05, 3.63) is 24.3 Å². The van der Waals surface area contributed by atoms with Crippen LogP contribution in [0.5, 0.6) is 0 Å². The second-order valence-corrected chi connectivity index (χ2v) is 5.71. The standard InChI is InChI=1S/C12H21N3O2S/c1-3-4-6-10(2)14-11-7-5-8-12(9-11)15-18(13,16)17/h5,7-10,14-15H,3-4,6H2,1-2H3,(H2,13,16,17). The molecular weight excluding hydrogens is 250 g/mol. The molecule has 0 saturated heterocycles. The number of nitrogens with one attached hydrogen (secondary N) is 2. The zero-order valence-corrected chi connectivity index (χ0v) is 11.6. The van der Waals surface area contributed by atoms with E-state index in [1.165, 1.54) is 12.8 Å². The Kier molecular flexibility index (Phi) is 5.43. The lowest BCUT2D eigenvalue weighted by molar-refractivity contribution is 0.603. The minimum Gasteiger partial charge on any atom is -0.383 e. The molecule has 0 aliphatic carbocycles. The molecule has 0 bridgehead atoms. The third-order valence-electron chi connectivity index (χ3n) is 2.53. The summed E-state index contributed by atoms with van der Waals surface area (Å²) in [5, 5.41) is 8.25. The number of hydrogen-bond acceptors (Lipinski definition) is 3. The normalized spacial score (nSPS) is 13.1. The van der Waals surface area contributed by atoms with E-state index in [1.807, 2.05) is 6.07 Å². The molecular formula is C12H21N3O2S. The Balaban J connectivity index is 2.64. The van der Waals surface area contributed by atoms with Gasteiger partial charge in [-0.05, 0) is 31.5 Å². The molecule has 5 nitrogen and oxygen atoms in total. The molecule has 1 aromatic rings. The Hall–Kier alpha value is -1.27. The van der Waals surface area contributed by atoms with Crippen molar-refractivity contribution in [1.82, 2.24) is 0 Å². The van der Waals surface area contributed by atoms with Crippen LogP contribution in [0.15, 0.2) is 24.3 Å². The Morgan fingerprint density at radius 1 is 1.33 bits per heavy atom. The first kappa shape index (κ1) is 14.8. The van der Waals surface area contributed by atoms with Gasteiger partial charge in [-0.15, -0.1) is 0 Å². The van der Waals surface area contributed by atoms with Crippen LogP contribution in [0, 0.1) is 0 Å². The van der Waals surface area contributed by atoms with Gasteiger partial charge in [0.15, 0.2) is 0 Å². The van der Waals surface area contributed by atoms with E-state index in [4.69, 9.17) is 5.14 Å². The minimum atomic E-state index is -3.71. The lowest BCUT2D eigenvalue weighted by atomic mass is 10.1. The summed E-state index contributed by atoms with van der Waals surface area (Å²) in [4.78, 5) is 0. The Labute approximate surface area is 109 Å². The maximum atomic E-state index is 10.9. The van der Waals surface area contributed by atoms with Gasteiger partial charge in [-0.3, -0.25) is 4.72 Å². The predicted molar refractivity (Wildman–Crippen MR) is 75.8 cm³/mol. The molecule has 1 unspecified atom stereocenters. The highest BCUT2D eigenvalue weighted by molar-refractivity contribution is 7.90. The van der Waals surface area contributed by atoms with Crippen molar-refractivity contribution in [1.29, 1.82) is 0 Å². The molecule has 0 aromatic heterocycles. The summed E-state index contributed by atoms with van der Waals surface area (Å²) in [5.41, 5.74) is 1.34. The van der Waals surface area contributed by atoms with Crippen molar-refractivity contribution >= 4 is 21.6 Å². The molecule has 0 aliphatic rings. The summed E-state index contributed by atoms with van der Waals surface area (Å²) in [6.07, 6.45) is 3.42. The summed E-state index contributed by atoms with van der Waals surface area (Å²) in [7, 11) is -3.71. The smallest absolute Gasteiger partial charge is 0.296 e. The maximum absolute atomic E-state index is 10.9. The average Bonchev–Trinajstić information content (AvgIpc) is 2.24. The van der Waals surface area contributed by atoms with Crippen LogP contribution in [0.1, 0.15) is 33.1 Å². The van der Waals surface area contributed by atoms with Gasteiger partial charge in [0.2, 0.25) is 0 Å². The van der Waals surface area contributed by atoms with E-state index in [0.717, 1.165) is 12.1 Å². The number of benzene rings is 1. The van der Waals surface area contributed by atoms with Crippen molar-refractivity contribution in [2.24, 2.45) is 5.14 Å². The van der Waals surface area contributed by atoms with Crippen LogP contribution in [-0.4, -0.2) is 14.5 Å². The largest absolute Gasteiger partial charge is 0.383 e. The predicted octanol–water partition coefficient (Wildman–Crippen LogP) is 2.29. The Morgan fingerprint density at radius 3 is 2.61 bits per heavy atom. The van der Waals surface area contributed by atoms with Gasteiger partial charge in [-0.2, -0.15) is 8.42 Å². The van der Waals surface area contributed by atoms with E-state index >= 15 is 0 Å². The van der Waals surface area contributed by atoms with Gasteiger partial charge >= 0.3 is 0 Å². The van der Waals surface area contributed by atoms with Crippen LogP contribution >= 0.6 is 0 Å². The van der Waals surface area contributed by atoms with Crippen molar-refractivity contribution in [3.8, 4) is 0 Å². The molecule has 0 spiro atoms. The fourth-order valence-electron chi connectivity index (χ4n) is 1.70. The molecule has 1 aromatic carbocycles. The quantitative estimate of drug-likeness (QED) is 0.711. The van der Waals surface area contributed by atoms with Gasteiger partial charge in [-0.1, -0.05) is 25.8 Å². The van der Waals surface area contributed by atoms with Crippen LogP contribution in [0.4, 0.5) is 11.4 Å². The first-order chi connectivity index (χ1) is 8.40. The van der Waals surface area contributed by atoms with E-state index in [-0.39, 0.29) is 0 Å². The summed E-state index contributed by atoms with van der Waals surface area (Å²) < 4.78 is 24.1. The molecule has 1 rings (SSSR count). The van der Waals surface area contributed by atoms with Crippen molar-refractivity contribution in [3.63, 3.8) is 0 Å². The minimum absolute atomic E-state index is 0.356. The molecule has 0 fully saturated rings. The Morgan fingerprint density at radius 2 is 2.00 bits per heavy atom. The summed E-state index contributed by atoms with van der Waals surface area (Å²) >= 11 is 0. The van der Waals surface area contributed by atoms with E-state index in [9.17, 15) is 8.42 Å². The summed E-state index contributed by atoms with van der Waals surface area (Å²) in [5.74, 6) is 0. The molecule has 0 saturated carbocycles. The molecule has 1 atom stereocenters. The van der Waals surface area contributed by atoms with Gasteiger partial charge in [0.05, 0.1) is 5.69 Å². The zero-order valence-electron chi connectivity index (χ0n) is 10.8. The molecule has 6 heteroatoms.